The Balaban J connectivity index is 0.000000640. The van der Waals surface area contributed by atoms with Gasteiger partial charge in [-0.05, 0) is 24.4 Å². The summed E-state index contributed by atoms with van der Waals surface area (Å²) in [6.45, 7) is 0. The van der Waals surface area contributed by atoms with E-state index in [1.807, 2.05) is 0 Å². The van der Waals surface area contributed by atoms with Gasteiger partial charge in [0.25, 0.3) is 0 Å². The van der Waals surface area contributed by atoms with Crippen LogP contribution in [-0.4, -0.2) is 15.0 Å². The first-order valence-corrected chi connectivity index (χ1v) is 2.75. The van der Waals surface area contributed by atoms with E-state index in [0.29, 0.717) is 9.54 Å². The zero-order chi connectivity index (χ0) is 5.98. The van der Waals surface area contributed by atoms with Crippen LogP contribution < -0.4 is 6.15 Å². The van der Waals surface area contributed by atoms with E-state index in [1.165, 1.54) is 6.33 Å². The van der Waals surface area contributed by atoms with Gasteiger partial charge in [0.05, 0.1) is 6.33 Å². The van der Waals surface area contributed by atoms with Gasteiger partial charge in [0.15, 0.2) is 9.54 Å². The van der Waals surface area contributed by atoms with Crippen LogP contribution in [0.4, 0.5) is 0 Å². The molecule has 0 spiro atoms. The lowest BCUT2D eigenvalue weighted by Crippen LogP contribution is -1.82. The molecule has 4 nitrogen and oxygen atoms in total. The van der Waals surface area contributed by atoms with Crippen molar-refractivity contribution in [3.8, 4) is 0 Å². The molecule has 1 heterocycles. The fourth-order valence-electron chi connectivity index (χ4n) is 0.315. The minimum atomic E-state index is 0. The van der Waals surface area contributed by atoms with Gasteiger partial charge in [-0.2, -0.15) is 0 Å². The van der Waals surface area contributed by atoms with E-state index in [0.717, 1.165) is 0 Å². The van der Waals surface area contributed by atoms with E-state index in [2.05, 4.69) is 39.4 Å². The maximum atomic E-state index is 4.68. The van der Waals surface area contributed by atoms with Crippen molar-refractivity contribution >= 4 is 24.4 Å². The van der Waals surface area contributed by atoms with Gasteiger partial charge < -0.3 is 16.1 Å². The zero-order valence-corrected chi connectivity index (χ0v) is 6.18. The molecule has 0 aliphatic carbocycles. The van der Waals surface area contributed by atoms with Crippen LogP contribution in [0.2, 0.25) is 0 Å². The maximum Gasteiger partial charge on any atom is 0.200 e. The predicted molar refractivity (Wildman–Crippen MR) is 39.6 cm³/mol. The molecular formula is C3H6N4S2. The van der Waals surface area contributed by atoms with E-state index in [-0.39, 0.29) is 6.15 Å². The second kappa shape index (κ2) is 3.44. The highest BCUT2D eigenvalue weighted by molar-refractivity contribution is 7.71. The van der Waals surface area contributed by atoms with Gasteiger partial charge >= 0.3 is 0 Å². The molecule has 5 N–H and O–H groups in total. The lowest BCUT2D eigenvalue weighted by atomic mass is 11.1. The summed E-state index contributed by atoms with van der Waals surface area (Å²) in [4.78, 5) is 8.96. The third-order valence-corrected chi connectivity index (χ3v) is 1.03. The van der Waals surface area contributed by atoms with E-state index in [4.69, 9.17) is 0 Å². The van der Waals surface area contributed by atoms with Crippen LogP contribution in [0.5, 0.6) is 0 Å². The second-order valence-electron chi connectivity index (χ2n) is 1.16. The van der Waals surface area contributed by atoms with Crippen molar-refractivity contribution in [2.45, 2.75) is 0 Å². The number of rotatable bonds is 0. The first-order valence-electron chi connectivity index (χ1n) is 1.93. The fourth-order valence-corrected chi connectivity index (χ4v) is 0.684. The van der Waals surface area contributed by atoms with Crippen LogP contribution in [0.3, 0.4) is 0 Å². The maximum absolute atomic E-state index is 4.68. The minimum absolute atomic E-state index is 0. The van der Waals surface area contributed by atoms with E-state index in [9.17, 15) is 0 Å². The lowest BCUT2D eigenvalue weighted by molar-refractivity contribution is 1.00. The Morgan fingerprint density at radius 3 is 2.44 bits per heavy atom. The third kappa shape index (κ3) is 2.45. The molecule has 6 heteroatoms. The third-order valence-electron chi connectivity index (χ3n) is 0.598. The average Bonchev–Trinajstić information content (AvgIpc) is 1.64. The van der Waals surface area contributed by atoms with Gasteiger partial charge in [-0.15, -0.1) is 0 Å². The Hall–Kier alpha value is -0.590. The molecule has 0 aliphatic rings. The average molecular weight is 162 g/mol. The van der Waals surface area contributed by atoms with Crippen molar-refractivity contribution in [2.24, 2.45) is 0 Å². The minimum Gasteiger partial charge on any atom is -0.344 e. The summed E-state index contributed by atoms with van der Waals surface area (Å²) in [5, 5.41) is 0. The summed E-state index contributed by atoms with van der Waals surface area (Å²) >= 11 is 9.33. The molecule has 0 saturated heterocycles. The number of hydrogen-bond acceptors (Lipinski definition) is 4. The highest BCUT2D eigenvalue weighted by atomic mass is 32.1. The largest absolute Gasteiger partial charge is 0.344 e. The number of aromatic nitrogens is 3. The molecule has 0 unspecified atom stereocenters. The molecule has 0 radical (unpaired) electrons. The molecule has 0 bridgehead atoms. The molecular weight excluding hydrogens is 156 g/mol. The van der Waals surface area contributed by atoms with Crippen LogP contribution >= 0.6 is 24.4 Å². The molecule has 0 aromatic carbocycles. The number of nitrogens with zero attached hydrogens (tertiary/aromatic N) is 1. The molecule has 9 heavy (non-hydrogen) atoms. The van der Waals surface area contributed by atoms with Crippen molar-refractivity contribution in [1.82, 2.24) is 21.1 Å². The molecule has 0 atom stereocenters. The number of hydrogen-bond donors (Lipinski definition) is 3. The first kappa shape index (κ1) is 8.41. The van der Waals surface area contributed by atoms with Crippen LogP contribution in [0.15, 0.2) is 6.33 Å². The highest BCUT2D eigenvalue weighted by Crippen LogP contribution is 1.74. The van der Waals surface area contributed by atoms with Crippen LogP contribution in [0.25, 0.3) is 0 Å². The molecule has 0 amide bonds. The summed E-state index contributed by atoms with van der Waals surface area (Å²) in [5.74, 6) is 0. The van der Waals surface area contributed by atoms with Gasteiger partial charge in [-0.1, -0.05) is 0 Å². The van der Waals surface area contributed by atoms with E-state index < -0.39 is 0 Å². The van der Waals surface area contributed by atoms with Gasteiger partial charge in [-0.3, -0.25) is 0 Å². The smallest absolute Gasteiger partial charge is 0.200 e. The zero-order valence-electron chi connectivity index (χ0n) is 4.55. The van der Waals surface area contributed by atoms with Gasteiger partial charge in [0.1, 0.15) is 0 Å². The van der Waals surface area contributed by atoms with Crippen molar-refractivity contribution in [3.05, 3.63) is 15.9 Å². The summed E-state index contributed by atoms with van der Waals surface area (Å²) in [5.41, 5.74) is 0. The van der Waals surface area contributed by atoms with Crippen LogP contribution in [0, 0.1) is 9.54 Å². The molecule has 0 saturated carbocycles. The summed E-state index contributed by atoms with van der Waals surface area (Å²) in [6.07, 6.45) is 1.46. The lowest BCUT2D eigenvalue weighted by Gasteiger charge is -1.80. The Bertz CT molecular complexity index is 248. The summed E-state index contributed by atoms with van der Waals surface area (Å²) in [6, 6.07) is 0. The van der Waals surface area contributed by atoms with E-state index in [1.54, 1.807) is 0 Å². The Morgan fingerprint density at radius 2 is 2.11 bits per heavy atom. The van der Waals surface area contributed by atoms with Crippen molar-refractivity contribution in [2.75, 3.05) is 0 Å². The normalized spacial score (nSPS) is 8.00. The SMILES string of the molecule is N.S=c1nc[nH]c(=S)[nH]1. The molecule has 0 fully saturated rings. The van der Waals surface area contributed by atoms with Gasteiger partial charge in [-0.25, -0.2) is 4.98 Å². The van der Waals surface area contributed by atoms with Crippen molar-refractivity contribution in [1.29, 1.82) is 0 Å². The van der Waals surface area contributed by atoms with Gasteiger partial charge in [0.2, 0.25) is 0 Å². The van der Waals surface area contributed by atoms with Crippen molar-refractivity contribution in [3.63, 3.8) is 0 Å². The summed E-state index contributed by atoms with van der Waals surface area (Å²) in [7, 11) is 0. The van der Waals surface area contributed by atoms with Crippen LogP contribution in [0.1, 0.15) is 0 Å². The Labute approximate surface area is 61.9 Å². The molecule has 1 rings (SSSR count). The van der Waals surface area contributed by atoms with Crippen LogP contribution in [-0.2, 0) is 0 Å². The Kier molecular flexibility index (Phi) is 3.21. The van der Waals surface area contributed by atoms with Crippen molar-refractivity contribution < 1.29 is 0 Å². The molecule has 1 aromatic rings. The summed E-state index contributed by atoms with van der Waals surface area (Å²) < 4.78 is 0.916. The Morgan fingerprint density at radius 1 is 1.44 bits per heavy atom. The molecule has 50 valence electrons. The highest BCUT2D eigenvalue weighted by Gasteiger charge is 1.72. The predicted octanol–water partition coefficient (Wildman–Crippen LogP) is 1.36. The molecule has 1 aromatic heterocycles. The second-order valence-corrected chi connectivity index (χ2v) is 1.96. The standard InChI is InChI=1S/C3H3N3S2.H3N/c7-2-4-1-5-3(8)6-2;/h1H,(H2,4,5,6,7,8);1H3. The number of H-pyrrole nitrogens is 2. The fraction of sp³-hybridized carbons (Fsp3) is 0. The number of aromatic amines is 2. The quantitative estimate of drug-likeness (QED) is 0.503. The molecule has 0 aliphatic heterocycles. The topological polar surface area (TPSA) is 79.5 Å². The van der Waals surface area contributed by atoms with E-state index >= 15 is 0 Å². The van der Waals surface area contributed by atoms with Gasteiger partial charge in [0, 0.05) is 0 Å². The number of nitrogens with one attached hydrogen (secondary N) is 2. The first-order chi connectivity index (χ1) is 3.79. The monoisotopic (exact) mass is 162 g/mol.